The van der Waals surface area contributed by atoms with Crippen LogP contribution in [0.15, 0.2) is 36.5 Å². The van der Waals surface area contributed by atoms with Crippen LogP contribution in [0.1, 0.15) is 34.5 Å². The summed E-state index contributed by atoms with van der Waals surface area (Å²) in [4.78, 5) is 30.8. The predicted molar refractivity (Wildman–Crippen MR) is 108 cm³/mol. The summed E-state index contributed by atoms with van der Waals surface area (Å²) in [6, 6.07) is 8.96. The lowest BCUT2D eigenvalue weighted by atomic mass is 9.95. The summed E-state index contributed by atoms with van der Waals surface area (Å²) in [6.07, 6.45) is 5.94. The molecule has 2 aromatic rings. The Morgan fingerprint density at radius 1 is 1.10 bits per heavy atom. The maximum Gasteiger partial charge on any atom is 0.260 e. The molecule has 1 saturated heterocycles. The van der Waals surface area contributed by atoms with Gasteiger partial charge in [-0.2, -0.15) is 0 Å². The molecule has 152 valence electrons. The van der Waals surface area contributed by atoms with Gasteiger partial charge in [0.05, 0.1) is 18.8 Å². The first-order valence-electron chi connectivity index (χ1n) is 10.1. The van der Waals surface area contributed by atoms with Crippen LogP contribution in [0.5, 0.6) is 5.75 Å². The van der Waals surface area contributed by atoms with E-state index in [2.05, 4.69) is 10.3 Å². The summed E-state index contributed by atoms with van der Waals surface area (Å²) in [6.45, 7) is 2.33. The fraction of sp³-hybridized carbons (Fsp3) is 0.409. The van der Waals surface area contributed by atoms with Crippen LogP contribution in [0.4, 0.5) is 5.69 Å². The zero-order valence-electron chi connectivity index (χ0n) is 16.4. The Morgan fingerprint density at radius 3 is 2.66 bits per heavy atom. The molecule has 0 atom stereocenters. The second-order valence-electron chi connectivity index (χ2n) is 7.30. The van der Waals surface area contributed by atoms with Crippen LogP contribution >= 0.6 is 0 Å². The van der Waals surface area contributed by atoms with Gasteiger partial charge in [-0.05, 0) is 61.6 Å². The number of hydrogen-bond donors (Lipinski definition) is 1. The molecule has 0 saturated carbocycles. The number of nitrogens with zero attached hydrogens (tertiary/aromatic N) is 2. The Kier molecular flexibility index (Phi) is 6.05. The predicted octanol–water partition coefficient (Wildman–Crippen LogP) is 2.45. The van der Waals surface area contributed by atoms with Gasteiger partial charge in [0.1, 0.15) is 5.75 Å². The SMILES string of the molecule is O=C(Nc1ccc(OCC(=O)N2CCOCC2)cc1)c1cnc2c(c1)CCCC2. The molecule has 1 fully saturated rings. The summed E-state index contributed by atoms with van der Waals surface area (Å²) in [5, 5.41) is 2.89. The second-order valence-corrected chi connectivity index (χ2v) is 7.30. The number of benzene rings is 1. The third kappa shape index (κ3) is 4.92. The van der Waals surface area contributed by atoms with Crippen molar-refractivity contribution in [3.8, 4) is 5.75 Å². The quantitative estimate of drug-likeness (QED) is 0.841. The van der Waals surface area contributed by atoms with E-state index < -0.39 is 0 Å². The van der Waals surface area contributed by atoms with Gasteiger partial charge >= 0.3 is 0 Å². The Hall–Kier alpha value is -2.93. The molecule has 0 bridgehead atoms. The Balaban J connectivity index is 1.31. The van der Waals surface area contributed by atoms with Gasteiger partial charge in [-0.25, -0.2) is 0 Å². The van der Waals surface area contributed by atoms with E-state index in [1.807, 2.05) is 6.07 Å². The molecular formula is C22H25N3O4. The number of morpholine rings is 1. The van der Waals surface area contributed by atoms with E-state index in [0.29, 0.717) is 43.3 Å². The fourth-order valence-corrected chi connectivity index (χ4v) is 3.60. The van der Waals surface area contributed by atoms with Gasteiger partial charge in [-0.15, -0.1) is 0 Å². The van der Waals surface area contributed by atoms with Crippen molar-refractivity contribution < 1.29 is 19.1 Å². The van der Waals surface area contributed by atoms with Crippen molar-refractivity contribution in [2.75, 3.05) is 38.2 Å². The third-order valence-electron chi connectivity index (χ3n) is 5.27. The highest BCUT2D eigenvalue weighted by molar-refractivity contribution is 6.04. The van der Waals surface area contributed by atoms with Crippen LogP contribution in [-0.2, 0) is 22.4 Å². The summed E-state index contributed by atoms with van der Waals surface area (Å²) in [5.74, 6) is 0.354. The number of carbonyl (C=O) groups excluding carboxylic acids is 2. The molecule has 2 aliphatic rings. The number of aromatic nitrogens is 1. The lowest BCUT2D eigenvalue weighted by molar-refractivity contribution is -0.137. The topological polar surface area (TPSA) is 80.8 Å². The summed E-state index contributed by atoms with van der Waals surface area (Å²) < 4.78 is 10.8. The van der Waals surface area contributed by atoms with Crippen molar-refractivity contribution in [3.63, 3.8) is 0 Å². The van der Waals surface area contributed by atoms with Crippen molar-refractivity contribution >= 4 is 17.5 Å². The van der Waals surface area contributed by atoms with E-state index in [1.165, 1.54) is 5.56 Å². The van der Waals surface area contributed by atoms with Gasteiger partial charge in [0.25, 0.3) is 11.8 Å². The maximum atomic E-state index is 12.5. The molecule has 2 heterocycles. The minimum absolute atomic E-state index is 0.00744. The Morgan fingerprint density at radius 2 is 1.86 bits per heavy atom. The average Bonchev–Trinajstić information content (AvgIpc) is 2.78. The molecule has 0 spiro atoms. The Bertz CT molecular complexity index is 876. The molecule has 1 aliphatic carbocycles. The van der Waals surface area contributed by atoms with E-state index in [-0.39, 0.29) is 18.4 Å². The standard InChI is InChI=1S/C22H25N3O4/c26-21(25-9-11-28-12-10-25)15-29-19-7-5-18(6-8-19)24-22(27)17-13-16-3-1-2-4-20(16)23-14-17/h5-8,13-14H,1-4,9-12,15H2,(H,24,27). The highest BCUT2D eigenvalue weighted by Gasteiger charge is 2.17. The number of hydrogen-bond acceptors (Lipinski definition) is 5. The molecule has 0 unspecified atom stereocenters. The van der Waals surface area contributed by atoms with E-state index in [9.17, 15) is 9.59 Å². The van der Waals surface area contributed by atoms with Gasteiger partial charge in [-0.3, -0.25) is 14.6 Å². The molecule has 1 aromatic carbocycles. The van der Waals surface area contributed by atoms with E-state index >= 15 is 0 Å². The van der Waals surface area contributed by atoms with Gasteiger partial charge in [0, 0.05) is 30.7 Å². The van der Waals surface area contributed by atoms with Crippen LogP contribution in [-0.4, -0.2) is 54.6 Å². The van der Waals surface area contributed by atoms with Crippen LogP contribution in [0.2, 0.25) is 0 Å². The lowest BCUT2D eigenvalue weighted by Gasteiger charge is -2.26. The molecule has 2 amide bonds. The van der Waals surface area contributed by atoms with Crippen LogP contribution in [0.25, 0.3) is 0 Å². The number of carbonyl (C=O) groups is 2. The van der Waals surface area contributed by atoms with Crippen molar-refractivity contribution in [2.45, 2.75) is 25.7 Å². The van der Waals surface area contributed by atoms with Gasteiger partial charge in [-0.1, -0.05) is 0 Å². The first kappa shape index (κ1) is 19.4. The maximum absolute atomic E-state index is 12.5. The van der Waals surface area contributed by atoms with E-state index in [0.717, 1.165) is 31.4 Å². The first-order valence-corrected chi connectivity index (χ1v) is 10.1. The van der Waals surface area contributed by atoms with Crippen molar-refractivity contribution in [1.29, 1.82) is 0 Å². The van der Waals surface area contributed by atoms with Gasteiger partial charge in [0.2, 0.25) is 0 Å². The largest absolute Gasteiger partial charge is 0.484 e. The fourth-order valence-electron chi connectivity index (χ4n) is 3.60. The minimum Gasteiger partial charge on any atom is -0.484 e. The highest BCUT2D eigenvalue weighted by Crippen LogP contribution is 2.21. The molecule has 1 aromatic heterocycles. The second kappa shape index (κ2) is 9.05. The van der Waals surface area contributed by atoms with Crippen molar-refractivity contribution in [2.24, 2.45) is 0 Å². The van der Waals surface area contributed by atoms with E-state index in [1.54, 1.807) is 35.4 Å². The molecule has 4 rings (SSSR count). The third-order valence-corrected chi connectivity index (χ3v) is 5.27. The molecule has 1 aliphatic heterocycles. The molecule has 29 heavy (non-hydrogen) atoms. The number of ether oxygens (including phenoxy) is 2. The summed E-state index contributed by atoms with van der Waals surface area (Å²) in [7, 11) is 0. The highest BCUT2D eigenvalue weighted by atomic mass is 16.5. The lowest BCUT2D eigenvalue weighted by Crippen LogP contribution is -2.42. The van der Waals surface area contributed by atoms with Gasteiger partial charge < -0.3 is 19.7 Å². The van der Waals surface area contributed by atoms with Crippen LogP contribution in [0.3, 0.4) is 0 Å². The van der Waals surface area contributed by atoms with Crippen molar-refractivity contribution in [3.05, 3.63) is 53.3 Å². The zero-order valence-corrected chi connectivity index (χ0v) is 16.4. The number of rotatable bonds is 5. The molecule has 0 radical (unpaired) electrons. The monoisotopic (exact) mass is 395 g/mol. The van der Waals surface area contributed by atoms with Crippen molar-refractivity contribution in [1.82, 2.24) is 9.88 Å². The number of fused-ring (bicyclic) bond motifs is 1. The molecule has 7 heteroatoms. The van der Waals surface area contributed by atoms with Crippen LogP contribution < -0.4 is 10.1 Å². The normalized spacial score (nSPS) is 16.1. The average molecular weight is 395 g/mol. The number of amides is 2. The Labute approximate surface area is 170 Å². The smallest absolute Gasteiger partial charge is 0.260 e. The molecule has 7 nitrogen and oxygen atoms in total. The summed E-state index contributed by atoms with van der Waals surface area (Å²) in [5.41, 5.74) is 3.53. The number of nitrogens with one attached hydrogen (secondary N) is 1. The number of aryl methyl sites for hydroxylation is 2. The summed E-state index contributed by atoms with van der Waals surface area (Å²) >= 11 is 0. The zero-order chi connectivity index (χ0) is 20.1. The molecular weight excluding hydrogens is 370 g/mol. The number of anilines is 1. The van der Waals surface area contributed by atoms with Crippen LogP contribution in [0, 0.1) is 0 Å². The minimum atomic E-state index is -0.179. The molecule has 1 N–H and O–H groups in total. The number of pyridine rings is 1. The van der Waals surface area contributed by atoms with Gasteiger partial charge in [0.15, 0.2) is 6.61 Å². The first-order chi connectivity index (χ1) is 14.2. The van der Waals surface area contributed by atoms with E-state index in [4.69, 9.17) is 9.47 Å².